The van der Waals surface area contributed by atoms with Crippen LogP contribution < -0.4 is 5.73 Å². The Balaban J connectivity index is 2.63. The minimum absolute atomic E-state index is 0.292. The van der Waals surface area contributed by atoms with Crippen molar-refractivity contribution >= 4 is 15.9 Å². The molecule has 0 aliphatic rings. The van der Waals surface area contributed by atoms with Gasteiger partial charge in [0.15, 0.2) is 0 Å². The smallest absolute Gasteiger partial charge is 0.0207 e. The fourth-order valence-corrected chi connectivity index (χ4v) is 1.61. The van der Waals surface area contributed by atoms with Crippen molar-refractivity contribution in [2.24, 2.45) is 5.73 Å². The van der Waals surface area contributed by atoms with Gasteiger partial charge in [0.05, 0.1) is 0 Å². The minimum atomic E-state index is 0.292. The van der Waals surface area contributed by atoms with E-state index in [0.29, 0.717) is 6.04 Å². The Morgan fingerprint density at radius 1 is 1.46 bits per heavy atom. The van der Waals surface area contributed by atoms with Gasteiger partial charge in [-0.05, 0) is 43.9 Å². The van der Waals surface area contributed by atoms with Crippen molar-refractivity contribution in [3.63, 3.8) is 0 Å². The third-order valence-electron chi connectivity index (χ3n) is 2.12. The van der Waals surface area contributed by atoms with E-state index in [2.05, 4.69) is 41.1 Å². The van der Waals surface area contributed by atoms with E-state index < -0.39 is 0 Å². The summed E-state index contributed by atoms with van der Waals surface area (Å²) >= 11 is 3.52. The molecular weight excluding hydrogens is 226 g/mol. The summed E-state index contributed by atoms with van der Waals surface area (Å²) < 4.78 is 1.19. The molecule has 1 aromatic rings. The molecule has 0 aromatic heterocycles. The van der Waals surface area contributed by atoms with Crippen LogP contribution in [-0.2, 0) is 6.42 Å². The average molecular weight is 242 g/mol. The van der Waals surface area contributed by atoms with Gasteiger partial charge in [-0.3, -0.25) is 0 Å². The predicted octanol–water partition coefficient (Wildman–Crippen LogP) is 3.04. The van der Waals surface area contributed by atoms with Crippen LogP contribution >= 0.6 is 15.9 Å². The van der Waals surface area contributed by atoms with Crippen LogP contribution in [0.4, 0.5) is 0 Å². The van der Waals surface area contributed by atoms with Crippen molar-refractivity contribution in [2.75, 3.05) is 0 Å². The third-order valence-corrected chi connectivity index (χ3v) is 2.98. The molecule has 13 heavy (non-hydrogen) atoms. The fourth-order valence-electron chi connectivity index (χ4n) is 1.19. The van der Waals surface area contributed by atoms with Gasteiger partial charge in [0.2, 0.25) is 0 Å². The van der Waals surface area contributed by atoms with Crippen LogP contribution in [0.1, 0.15) is 24.5 Å². The second-order valence-corrected chi connectivity index (χ2v) is 4.45. The lowest BCUT2D eigenvalue weighted by Crippen LogP contribution is -2.15. The van der Waals surface area contributed by atoms with Gasteiger partial charge in [-0.2, -0.15) is 0 Å². The lowest BCUT2D eigenvalue weighted by Gasteiger charge is -2.06. The van der Waals surface area contributed by atoms with Gasteiger partial charge in [0.1, 0.15) is 0 Å². The highest BCUT2D eigenvalue weighted by Gasteiger charge is 1.99. The minimum Gasteiger partial charge on any atom is -0.328 e. The summed E-state index contributed by atoms with van der Waals surface area (Å²) in [4.78, 5) is 0. The van der Waals surface area contributed by atoms with Crippen molar-refractivity contribution in [1.29, 1.82) is 0 Å². The molecule has 1 rings (SSSR count). The molecule has 2 heteroatoms. The van der Waals surface area contributed by atoms with Gasteiger partial charge < -0.3 is 5.73 Å². The molecule has 1 aromatic carbocycles. The quantitative estimate of drug-likeness (QED) is 0.866. The highest BCUT2D eigenvalue weighted by Crippen LogP contribution is 2.18. The zero-order valence-corrected chi connectivity index (χ0v) is 9.76. The van der Waals surface area contributed by atoms with Crippen LogP contribution in [0, 0.1) is 6.92 Å². The first-order chi connectivity index (χ1) is 6.09. The molecule has 0 aliphatic carbocycles. The summed E-state index contributed by atoms with van der Waals surface area (Å²) in [5.41, 5.74) is 8.33. The number of benzene rings is 1. The summed E-state index contributed by atoms with van der Waals surface area (Å²) in [5.74, 6) is 0. The largest absolute Gasteiger partial charge is 0.328 e. The monoisotopic (exact) mass is 241 g/mol. The zero-order valence-electron chi connectivity index (χ0n) is 8.18. The molecule has 0 aliphatic heterocycles. The lowest BCUT2D eigenvalue weighted by molar-refractivity contribution is 0.666. The molecule has 0 saturated heterocycles. The number of hydrogen-bond donors (Lipinski definition) is 1. The Hall–Kier alpha value is -0.340. The molecule has 72 valence electrons. The Kier molecular flexibility index (Phi) is 3.94. The molecule has 0 heterocycles. The van der Waals surface area contributed by atoms with E-state index in [1.54, 1.807) is 0 Å². The Morgan fingerprint density at radius 2 is 2.15 bits per heavy atom. The summed E-state index contributed by atoms with van der Waals surface area (Å²) in [5, 5.41) is 0. The number of nitrogens with two attached hydrogens (primary N) is 1. The van der Waals surface area contributed by atoms with E-state index in [4.69, 9.17) is 5.73 Å². The van der Waals surface area contributed by atoms with Gasteiger partial charge in [0.25, 0.3) is 0 Å². The van der Waals surface area contributed by atoms with Crippen molar-refractivity contribution in [3.05, 3.63) is 33.8 Å². The van der Waals surface area contributed by atoms with Crippen molar-refractivity contribution in [3.8, 4) is 0 Å². The third kappa shape index (κ3) is 3.49. The first-order valence-electron chi connectivity index (χ1n) is 4.60. The molecule has 0 amide bonds. The molecule has 1 nitrogen and oxygen atoms in total. The SMILES string of the molecule is Cc1ccc(CC[C@@H](C)N)cc1Br. The molecule has 2 N–H and O–H groups in total. The van der Waals surface area contributed by atoms with Crippen LogP contribution in [-0.4, -0.2) is 6.04 Å². The van der Waals surface area contributed by atoms with E-state index >= 15 is 0 Å². The van der Waals surface area contributed by atoms with Crippen molar-refractivity contribution in [2.45, 2.75) is 32.7 Å². The fraction of sp³-hybridized carbons (Fsp3) is 0.455. The van der Waals surface area contributed by atoms with Crippen LogP contribution in [0.15, 0.2) is 22.7 Å². The summed E-state index contributed by atoms with van der Waals surface area (Å²) in [7, 11) is 0. The van der Waals surface area contributed by atoms with Crippen LogP contribution in [0.2, 0.25) is 0 Å². The molecule has 0 saturated carbocycles. The lowest BCUT2D eigenvalue weighted by atomic mass is 10.1. The standard InChI is InChI=1S/C11H16BrN/c1-8-3-5-10(7-11(8)12)6-4-9(2)13/h3,5,7,9H,4,6,13H2,1-2H3/t9-/m1/s1. The summed E-state index contributed by atoms with van der Waals surface area (Å²) in [6.07, 6.45) is 2.12. The topological polar surface area (TPSA) is 26.0 Å². The van der Waals surface area contributed by atoms with E-state index in [1.165, 1.54) is 15.6 Å². The number of hydrogen-bond acceptors (Lipinski definition) is 1. The first-order valence-corrected chi connectivity index (χ1v) is 5.39. The van der Waals surface area contributed by atoms with E-state index in [9.17, 15) is 0 Å². The van der Waals surface area contributed by atoms with Gasteiger partial charge in [-0.25, -0.2) is 0 Å². The average Bonchev–Trinajstić information content (AvgIpc) is 2.07. The molecule has 0 bridgehead atoms. The molecule has 1 atom stereocenters. The maximum Gasteiger partial charge on any atom is 0.0207 e. The maximum absolute atomic E-state index is 5.70. The normalized spacial score (nSPS) is 12.9. The molecule has 0 radical (unpaired) electrons. The Morgan fingerprint density at radius 3 is 2.69 bits per heavy atom. The summed E-state index contributed by atoms with van der Waals surface area (Å²) in [6, 6.07) is 6.78. The predicted molar refractivity (Wildman–Crippen MR) is 60.8 cm³/mol. The highest BCUT2D eigenvalue weighted by molar-refractivity contribution is 9.10. The Bertz CT molecular complexity index is 281. The maximum atomic E-state index is 5.70. The van der Waals surface area contributed by atoms with E-state index in [-0.39, 0.29) is 0 Å². The van der Waals surface area contributed by atoms with E-state index in [0.717, 1.165) is 12.8 Å². The second-order valence-electron chi connectivity index (χ2n) is 3.60. The number of rotatable bonds is 3. The molecule has 0 spiro atoms. The van der Waals surface area contributed by atoms with Crippen LogP contribution in [0.3, 0.4) is 0 Å². The molecular formula is C11H16BrN. The van der Waals surface area contributed by atoms with Gasteiger partial charge in [0, 0.05) is 10.5 Å². The van der Waals surface area contributed by atoms with Crippen LogP contribution in [0.25, 0.3) is 0 Å². The van der Waals surface area contributed by atoms with Crippen molar-refractivity contribution < 1.29 is 0 Å². The highest BCUT2D eigenvalue weighted by atomic mass is 79.9. The van der Waals surface area contributed by atoms with Crippen molar-refractivity contribution in [1.82, 2.24) is 0 Å². The zero-order chi connectivity index (χ0) is 9.84. The van der Waals surface area contributed by atoms with Gasteiger partial charge >= 0.3 is 0 Å². The van der Waals surface area contributed by atoms with Gasteiger partial charge in [-0.15, -0.1) is 0 Å². The van der Waals surface area contributed by atoms with E-state index in [1.807, 2.05) is 6.92 Å². The van der Waals surface area contributed by atoms with Gasteiger partial charge in [-0.1, -0.05) is 28.1 Å². The van der Waals surface area contributed by atoms with Crippen LogP contribution in [0.5, 0.6) is 0 Å². The second kappa shape index (κ2) is 4.77. The number of halogens is 1. The number of aryl methyl sites for hydroxylation is 2. The Labute approximate surface area is 88.5 Å². The molecule has 0 fully saturated rings. The summed E-state index contributed by atoms with van der Waals surface area (Å²) in [6.45, 7) is 4.14. The first kappa shape index (κ1) is 10.7. The molecule has 0 unspecified atom stereocenters.